The highest BCUT2D eigenvalue weighted by Gasteiger charge is 2.24. The molecule has 0 aliphatic carbocycles. The first kappa shape index (κ1) is 16.2. The number of amidine groups is 1. The van der Waals surface area contributed by atoms with Crippen LogP contribution in [0.15, 0.2) is 15.4 Å². The zero-order valence-electron chi connectivity index (χ0n) is 10.6. The third-order valence-electron chi connectivity index (χ3n) is 2.45. The van der Waals surface area contributed by atoms with Crippen molar-refractivity contribution in [2.45, 2.75) is 36.9 Å². The molecule has 0 fully saturated rings. The molecule has 6 nitrogen and oxygen atoms in total. The van der Waals surface area contributed by atoms with Gasteiger partial charge in [0.25, 0.3) is 10.0 Å². The van der Waals surface area contributed by atoms with E-state index in [0.29, 0.717) is 22.7 Å². The zero-order valence-corrected chi connectivity index (χ0v) is 12.9. The summed E-state index contributed by atoms with van der Waals surface area (Å²) in [4.78, 5) is 0. The van der Waals surface area contributed by atoms with Crippen molar-refractivity contribution in [1.29, 1.82) is 0 Å². The Morgan fingerprint density at radius 3 is 2.74 bits per heavy atom. The lowest BCUT2D eigenvalue weighted by Gasteiger charge is -2.15. The fourth-order valence-electron chi connectivity index (χ4n) is 1.44. The second-order valence-corrected chi connectivity index (χ2v) is 7.60. The van der Waals surface area contributed by atoms with Gasteiger partial charge < -0.3 is 10.9 Å². The summed E-state index contributed by atoms with van der Waals surface area (Å²) in [6.07, 6.45) is 1.13. The Bertz CT molecular complexity index is 549. The van der Waals surface area contributed by atoms with E-state index >= 15 is 0 Å². The van der Waals surface area contributed by atoms with Gasteiger partial charge in [0.15, 0.2) is 5.84 Å². The average Bonchev–Trinajstić information content (AvgIpc) is 2.69. The van der Waals surface area contributed by atoms with Gasteiger partial charge in [0.05, 0.1) is 10.4 Å². The smallest absolute Gasteiger partial charge is 0.250 e. The van der Waals surface area contributed by atoms with Gasteiger partial charge in [0, 0.05) is 0 Å². The van der Waals surface area contributed by atoms with Crippen molar-refractivity contribution in [2.24, 2.45) is 10.9 Å². The van der Waals surface area contributed by atoms with Gasteiger partial charge in [-0.25, -0.2) is 8.42 Å². The molecule has 0 radical (unpaired) electrons. The maximum atomic E-state index is 12.2. The van der Waals surface area contributed by atoms with E-state index in [9.17, 15) is 8.42 Å². The number of sulfonamides is 1. The summed E-state index contributed by atoms with van der Waals surface area (Å²) in [6.45, 7) is 3.60. The van der Waals surface area contributed by atoms with Crippen LogP contribution < -0.4 is 10.5 Å². The average molecular weight is 326 g/mol. The standard InChI is InChI=1S/C10H16ClN3O3S2/c1-3-4-7(10(12)13-15)14-19(16,17)8-5-6(2)9(11)18-8/h5,7,14-15H,3-4H2,1-2H3,(H2,12,13). The van der Waals surface area contributed by atoms with Crippen LogP contribution in [0, 0.1) is 6.92 Å². The van der Waals surface area contributed by atoms with Crippen LogP contribution in [0.5, 0.6) is 0 Å². The number of hydrogen-bond acceptors (Lipinski definition) is 5. The molecule has 0 bridgehead atoms. The minimum Gasteiger partial charge on any atom is -0.409 e. The predicted octanol–water partition coefficient (Wildman–Crippen LogP) is 1.90. The van der Waals surface area contributed by atoms with Crippen LogP contribution in [0.1, 0.15) is 25.3 Å². The Labute approximate surface area is 121 Å². The lowest BCUT2D eigenvalue weighted by atomic mass is 10.2. The molecule has 9 heteroatoms. The van der Waals surface area contributed by atoms with Crippen LogP contribution in [0.3, 0.4) is 0 Å². The summed E-state index contributed by atoms with van der Waals surface area (Å²) in [5.41, 5.74) is 6.17. The molecule has 1 aromatic rings. The van der Waals surface area contributed by atoms with E-state index < -0.39 is 16.1 Å². The van der Waals surface area contributed by atoms with Crippen molar-refractivity contribution < 1.29 is 13.6 Å². The number of nitrogens with one attached hydrogen (secondary N) is 1. The van der Waals surface area contributed by atoms with E-state index in [4.69, 9.17) is 22.5 Å². The highest BCUT2D eigenvalue weighted by atomic mass is 35.5. The van der Waals surface area contributed by atoms with Crippen molar-refractivity contribution in [3.8, 4) is 0 Å². The second kappa shape index (κ2) is 6.56. The van der Waals surface area contributed by atoms with Crippen LogP contribution in [0.2, 0.25) is 4.34 Å². The van der Waals surface area contributed by atoms with Crippen molar-refractivity contribution in [2.75, 3.05) is 0 Å². The van der Waals surface area contributed by atoms with Crippen molar-refractivity contribution >= 4 is 38.8 Å². The molecule has 0 saturated heterocycles. The minimum atomic E-state index is -3.73. The number of hydrogen-bond donors (Lipinski definition) is 3. The quantitative estimate of drug-likeness (QED) is 0.321. The number of halogens is 1. The highest BCUT2D eigenvalue weighted by Crippen LogP contribution is 2.30. The Morgan fingerprint density at radius 1 is 1.68 bits per heavy atom. The van der Waals surface area contributed by atoms with Gasteiger partial charge in [-0.2, -0.15) is 4.72 Å². The number of thiophene rings is 1. The molecule has 19 heavy (non-hydrogen) atoms. The third kappa shape index (κ3) is 4.07. The van der Waals surface area contributed by atoms with E-state index in [1.165, 1.54) is 6.07 Å². The van der Waals surface area contributed by atoms with Crippen LogP contribution in [-0.2, 0) is 10.0 Å². The molecule has 0 saturated carbocycles. The first-order valence-corrected chi connectivity index (χ1v) is 8.25. The fourth-order valence-corrected chi connectivity index (χ4v) is 4.40. The summed E-state index contributed by atoms with van der Waals surface area (Å²) in [6, 6.07) is 0.756. The molecule has 1 atom stereocenters. The minimum absolute atomic E-state index is 0.113. The Hall–Kier alpha value is -0.830. The lowest BCUT2D eigenvalue weighted by Crippen LogP contribution is -2.44. The monoisotopic (exact) mass is 325 g/mol. The Kier molecular flexibility index (Phi) is 5.60. The SMILES string of the molecule is CCCC(NS(=O)(=O)c1cc(C)c(Cl)s1)C(N)=NO. The summed E-state index contributed by atoms with van der Waals surface area (Å²) >= 11 is 6.83. The van der Waals surface area contributed by atoms with E-state index in [-0.39, 0.29) is 10.0 Å². The van der Waals surface area contributed by atoms with E-state index in [2.05, 4.69) is 9.88 Å². The van der Waals surface area contributed by atoms with Crippen molar-refractivity contribution in [3.05, 3.63) is 16.0 Å². The molecule has 0 spiro atoms. The summed E-state index contributed by atoms with van der Waals surface area (Å²) in [5, 5.41) is 11.5. The van der Waals surface area contributed by atoms with Crippen molar-refractivity contribution in [3.63, 3.8) is 0 Å². The molecular formula is C10H16ClN3O3S2. The van der Waals surface area contributed by atoms with Gasteiger partial charge in [0.1, 0.15) is 4.21 Å². The summed E-state index contributed by atoms with van der Waals surface area (Å²) < 4.78 is 27.3. The molecule has 1 aromatic heterocycles. The predicted molar refractivity (Wildman–Crippen MR) is 76.5 cm³/mol. The molecule has 0 aromatic carbocycles. The van der Waals surface area contributed by atoms with Gasteiger partial charge in [0.2, 0.25) is 0 Å². The molecular weight excluding hydrogens is 310 g/mol. The number of oxime groups is 1. The molecule has 1 unspecified atom stereocenters. The van der Waals surface area contributed by atoms with E-state index in [0.717, 1.165) is 11.3 Å². The number of nitrogens with two attached hydrogens (primary N) is 1. The van der Waals surface area contributed by atoms with Crippen LogP contribution in [-0.4, -0.2) is 25.5 Å². The number of nitrogens with zero attached hydrogens (tertiary/aromatic N) is 1. The molecule has 0 aliphatic rings. The van der Waals surface area contributed by atoms with E-state index in [1.54, 1.807) is 6.92 Å². The highest BCUT2D eigenvalue weighted by molar-refractivity contribution is 7.91. The molecule has 1 rings (SSSR count). The first-order chi connectivity index (χ1) is 8.81. The largest absolute Gasteiger partial charge is 0.409 e. The maximum absolute atomic E-state index is 12.2. The molecule has 0 aliphatic heterocycles. The maximum Gasteiger partial charge on any atom is 0.250 e. The Balaban J connectivity index is 3.00. The lowest BCUT2D eigenvalue weighted by molar-refractivity contribution is 0.315. The molecule has 108 valence electrons. The van der Waals surface area contributed by atoms with E-state index in [1.807, 2.05) is 6.92 Å². The second-order valence-electron chi connectivity index (χ2n) is 4.01. The third-order valence-corrected chi connectivity index (χ3v) is 5.95. The van der Waals surface area contributed by atoms with Crippen LogP contribution in [0.25, 0.3) is 0 Å². The Morgan fingerprint density at radius 2 is 2.32 bits per heavy atom. The molecule has 4 N–H and O–H groups in total. The van der Waals surface area contributed by atoms with Gasteiger partial charge in [-0.15, -0.1) is 11.3 Å². The topological polar surface area (TPSA) is 105 Å². The first-order valence-electron chi connectivity index (χ1n) is 5.57. The van der Waals surface area contributed by atoms with Gasteiger partial charge in [-0.1, -0.05) is 30.1 Å². The number of aryl methyl sites for hydroxylation is 1. The summed E-state index contributed by atoms with van der Waals surface area (Å²) in [5.74, 6) is -0.162. The molecule has 1 heterocycles. The van der Waals surface area contributed by atoms with Crippen molar-refractivity contribution in [1.82, 2.24) is 4.72 Å². The van der Waals surface area contributed by atoms with Gasteiger partial charge in [-0.05, 0) is 25.0 Å². The van der Waals surface area contributed by atoms with Crippen LogP contribution in [0.4, 0.5) is 0 Å². The normalized spacial score (nSPS) is 14.6. The number of rotatable bonds is 6. The van der Waals surface area contributed by atoms with Crippen LogP contribution >= 0.6 is 22.9 Å². The fraction of sp³-hybridized carbons (Fsp3) is 0.500. The van der Waals surface area contributed by atoms with Gasteiger partial charge in [-0.3, -0.25) is 0 Å². The van der Waals surface area contributed by atoms with Gasteiger partial charge >= 0.3 is 0 Å². The zero-order chi connectivity index (χ0) is 14.6. The summed E-state index contributed by atoms with van der Waals surface area (Å²) in [7, 11) is -3.73. The molecule has 0 amide bonds.